The fourth-order valence-corrected chi connectivity index (χ4v) is 4.19. The van der Waals surface area contributed by atoms with Gasteiger partial charge in [0.2, 0.25) is 0 Å². The molecule has 198 valence electrons. The molecule has 2 rings (SSSR count). The first-order chi connectivity index (χ1) is 17.1. The maximum absolute atomic E-state index is 13.3. The average molecular weight is 522 g/mol. The number of aliphatic hydroxyl groups excluding tert-OH is 1. The first-order valence-corrected chi connectivity index (χ1v) is 13.7. The number of carbonyl (C=O) groups is 2. The molecule has 0 heterocycles. The SMILES string of the molecule is CCCCOC(=O)[C@H]([C@H](CC(O)COS(C)(=O)=O)C(=O)O)N(Cc1ccccc1)Cc1ccccc1. The van der Waals surface area contributed by atoms with Gasteiger partial charge in [-0.1, -0.05) is 74.0 Å². The van der Waals surface area contributed by atoms with E-state index in [4.69, 9.17) is 4.74 Å². The van der Waals surface area contributed by atoms with Gasteiger partial charge in [-0.25, -0.2) is 0 Å². The van der Waals surface area contributed by atoms with E-state index in [9.17, 15) is 28.2 Å². The zero-order valence-corrected chi connectivity index (χ0v) is 21.5. The Morgan fingerprint density at radius 1 is 0.972 bits per heavy atom. The number of aliphatic hydroxyl groups is 1. The van der Waals surface area contributed by atoms with Crippen LogP contribution >= 0.6 is 0 Å². The van der Waals surface area contributed by atoms with E-state index in [-0.39, 0.29) is 19.7 Å². The standard InChI is InChI=1S/C26H35NO8S/c1-3-4-15-34-26(31)24(23(25(29)30)16-22(28)19-35-36(2,32)33)27(17-20-11-7-5-8-12-20)18-21-13-9-6-10-14-21/h5-14,22-24,28H,3-4,15-19H2,1-2H3,(H,29,30)/t22?,23-,24-/m0/s1. The Bertz CT molecular complexity index is 1000. The Labute approximate surface area is 212 Å². The van der Waals surface area contributed by atoms with Crippen LogP contribution in [0.15, 0.2) is 60.7 Å². The molecule has 0 fully saturated rings. The minimum Gasteiger partial charge on any atom is -0.481 e. The number of esters is 1. The molecule has 10 heteroatoms. The highest BCUT2D eigenvalue weighted by Gasteiger charge is 2.40. The molecule has 2 N–H and O–H groups in total. The third-order valence-corrected chi connectivity index (χ3v) is 6.10. The van der Waals surface area contributed by atoms with E-state index in [1.54, 1.807) is 4.90 Å². The van der Waals surface area contributed by atoms with Crippen molar-refractivity contribution >= 4 is 22.1 Å². The third-order valence-electron chi connectivity index (χ3n) is 5.53. The van der Waals surface area contributed by atoms with Crippen molar-refractivity contribution in [2.24, 2.45) is 5.92 Å². The van der Waals surface area contributed by atoms with Crippen molar-refractivity contribution in [3.63, 3.8) is 0 Å². The molecule has 2 aromatic carbocycles. The topological polar surface area (TPSA) is 130 Å². The molecule has 0 aromatic heterocycles. The second kappa shape index (κ2) is 14.7. The van der Waals surface area contributed by atoms with E-state index in [0.29, 0.717) is 6.42 Å². The van der Waals surface area contributed by atoms with Gasteiger partial charge < -0.3 is 14.9 Å². The smallest absolute Gasteiger partial charge is 0.324 e. The largest absolute Gasteiger partial charge is 0.481 e. The summed E-state index contributed by atoms with van der Waals surface area (Å²) in [4.78, 5) is 27.5. The molecule has 0 saturated carbocycles. The maximum atomic E-state index is 13.3. The van der Waals surface area contributed by atoms with Crippen molar-refractivity contribution < 1.29 is 37.1 Å². The summed E-state index contributed by atoms with van der Waals surface area (Å²) in [6.07, 6.45) is 0.419. The van der Waals surface area contributed by atoms with E-state index in [1.165, 1.54) is 0 Å². The minimum absolute atomic E-state index is 0.141. The van der Waals surface area contributed by atoms with Crippen LogP contribution in [0.2, 0.25) is 0 Å². The van der Waals surface area contributed by atoms with Gasteiger partial charge in [-0.2, -0.15) is 8.42 Å². The quantitative estimate of drug-likeness (QED) is 0.194. The molecule has 2 aromatic rings. The van der Waals surface area contributed by atoms with Crippen molar-refractivity contribution in [1.29, 1.82) is 0 Å². The molecule has 0 aliphatic rings. The lowest BCUT2D eigenvalue weighted by atomic mass is 9.91. The van der Waals surface area contributed by atoms with Crippen LogP contribution < -0.4 is 0 Å². The average Bonchev–Trinajstić information content (AvgIpc) is 2.83. The van der Waals surface area contributed by atoms with Gasteiger partial charge in [0.05, 0.1) is 31.5 Å². The summed E-state index contributed by atoms with van der Waals surface area (Å²) in [6, 6.07) is 17.4. The molecule has 1 unspecified atom stereocenters. The number of hydrogen-bond donors (Lipinski definition) is 2. The second-order valence-electron chi connectivity index (χ2n) is 8.66. The van der Waals surface area contributed by atoms with Crippen LogP contribution in [0.3, 0.4) is 0 Å². The van der Waals surface area contributed by atoms with Crippen molar-refractivity contribution in [2.75, 3.05) is 19.5 Å². The van der Waals surface area contributed by atoms with Crippen LogP contribution in [-0.2, 0) is 41.7 Å². The summed E-state index contributed by atoms with van der Waals surface area (Å²) in [5.74, 6) is -3.40. The van der Waals surface area contributed by atoms with Crippen molar-refractivity contribution in [3.8, 4) is 0 Å². The Morgan fingerprint density at radius 3 is 1.94 bits per heavy atom. The van der Waals surface area contributed by atoms with Gasteiger partial charge in [0, 0.05) is 13.1 Å². The van der Waals surface area contributed by atoms with Crippen molar-refractivity contribution in [1.82, 2.24) is 4.90 Å². The highest BCUT2D eigenvalue weighted by atomic mass is 32.2. The van der Waals surface area contributed by atoms with Gasteiger partial charge in [0.1, 0.15) is 6.04 Å². The van der Waals surface area contributed by atoms with Crippen molar-refractivity contribution in [2.45, 2.75) is 51.4 Å². The molecule has 0 spiro atoms. The van der Waals surface area contributed by atoms with E-state index in [2.05, 4.69) is 4.18 Å². The number of carbonyl (C=O) groups excluding carboxylic acids is 1. The molecule has 0 radical (unpaired) electrons. The molecule has 3 atom stereocenters. The predicted molar refractivity (Wildman–Crippen MR) is 134 cm³/mol. The second-order valence-corrected chi connectivity index (χ2v) is 10.3. The number of nitrogens with zero attached hydrogens (tertiary/aromatic N) is 1. The maximum Gasteiger partial charge on any atom is 0.324 e. The fourth-order valence-electron chi connectivity index (χ4n) is 3.79. The Kier molecular flexibility index (Phi) is 12.0. The number of ether oxygens (including phenoxy) is 1. The molecular formula is C26H35NO8S. The van der Waals surface area contributed by atoms with Gasteiger partial charge in [-0.15, -0.1) is 0 Å². The van der Waals surface area contributed by atoms with Gasteiger partial charge in [-0.05, 0) is 24.0 Å². The van der Waals surface area contributed by atoms with Gasteiger partial charge in [0.25, 0.3) is 10.1 Å². The van der Waals surface area contributed by atoms with Crippen LogP contribution in [0, 0.1) is 5.92 Å². The highest BCUT2D eigenvalue weighted by Crippen LogP contribution is 2.24. The molecule has 0 amide bonds. The lowest BCUT2D eigenvalue weighted by Gasteiger charge is -2.34. The molecule has 0 bridgehead atoms. The summed E-state index contributed by atoms with van der Waals surface area (Å²) in [5.41, 5.74) is 1.73. The zero-order chi connectivity index (χ0) is 26.6. The van der Waals surface area contributed by atoms with Crippen LogP contribution in [0.25, 0.3) is 0 Å². The van der Waals surface area contributed by atoms with Crippen molar-refractivity contribution in [3.05, 3.63) is 71.8 Å². The number of unbranched alkanes of at least 4 members (excludes halogenated alkanes) is 1. The number of carboxylic acid groups (broad SMARTS) is 1. The molecular weight excluding hydrogens is 486 g/mol. The number of rotatable bonds is 16. The Morgan fingerprint density at radius 2 is 1.50 bits per heavy atom. The zero-order valence-electron chi connectivity index (χ0n) is 20.7. The summed E-state index contributed by atoms with van der Waals surface area (Å²) in [7, 11) is -3.83. The van der Waals surface area contributed by atoms with Crippen LogP contribution in [0.5, 0.6) is 0 Å². The molecule has 0 saturated heterocycles. The first kappa shape index (κ1) is 29.4. The Balaban J connectivity index is 2.43. The van der Waals surface area contributed by atoms with Gasteiger partial charge in [-0.3, -0.25) is 18.7 Å². The molecule has 0 aliphatic carbocycles. The Hall–Kier alpha value is -2.79. The highest BCUT2D eigenvalue weighted by molar-refractivity contribution is 7.85. The lowest BCUT2D eigenvalue weighted by Crippen LogP contribution is -2.50. The number of benzene rings is 2. The van der Waals surface area contributed by atoms with E-state index in [0.717, 1.165) is 23.8 Å². The predicted octanol–water partition coefficient (Wildman–Crippen LogP) is 2.83. The van der Waals surface area contributed by atoms with Crippen LogP contribution in [0.1, 0.15) is 37.3 Å². The fraction of sp³-hybridized carbons (Fsp3) is 0.462. The number of aliphatic carboxylic acids is 1. The lowest BCUT2D eigenvalue weighted by molar-refractivity contribution is -0.162. The third kappa shape index (κ3) is 10.4. The first-order valence-electron chi connectivity index (χ1n) is 11.8. The molecule has 9 nitrogen and oxygen atoms in total. The summed E-state index contributed by atoms with van der Waals surface area (Å²) >= 11 is 0. The summed E-state index contributed by atoms with van der Waals surface area (Å²) in [6.45, 7) is 1.98. The van der Waals surface area contributed by atoms with Gasteiger partial charge in [0.15, 0.2) is 0 Å². The van der Waals surface area contributed by atoms with E-state index < -0.39 is 53.1 Å². The minimum atomic E-state index is -3.83. The normalized spacial score (nSPS) is 14.2. The number of hydrogen-bond acceptors (Lipinski definition) is 8. The van der Waals surface area contributed by atoms with Gasteiger partial charge >= 0.3 is 11.9 Å². The van der Waals surface area contributed by atoms with Crippen LogP contribution in [-0.4, -0.2) is 67.1 Å². The number of carboxylic acids is 1. The van der Waals surface area contributed by atoms with E-state index >= 15 is 0 Å². The summed E-state index contributed by atoms with van der Waals surface area (Å²) in [5, 5.41) is 20.5. The van der Waals surface area contributed by atoms with Crippen LogP contribution in [0.4, 0.5) is 0 Å². The van der Waals surface area contributed by atoms with E-state index in [1.807, 2.05) is 67.6 Å². The summed E-state index contributed by atoms with van der Waals surface area (Å²) < 4.78 is 32.8. The monoisotopic (exact) mass is 521 g/mol. The molecule has 0 aliphatic heterocycles. The molecule has 36 heavy (non-hydrogen) atoms.